The number of aromatic nitrogens is 3. The fourth-order valence-electron chi connectivity index (χ4n) is 4.83. The fraction of sp³-hybridized carbons (Fsp3) is 0.375. The number of carbonyl (C=O) groups is 1. The van der Waals surface area contributed by atoms with Gasteiger partial charge in [-0.3, -0.25) is 19.4 Å². The van der Waals surface area contributed by atoms with Crippen LogP contribution < -0.4 is 5.32 Å². The van der Waals surface area contributed by atoms with Gasteiger partial charge in [-0.1, -0.05) is 18.2 Å². The van der Waals surface area contributed by atoms with E-state index in [1.54, 1.807) is 6.20 Å². The third-order valence-electron chi connectivity index (χ3n) is 6.36. The van der Waals surface area contributed by atoms with Gasteiger partial charge in [-0.15, -0.1) is 0 Å². The molecule has 0 saturated carbocycles. The lowest BCUT2D eigenvalue weighted by Gasteiger charge is -2.23. The fourth-order valence-corrected chi connectivity index (χ4v) is 4.83. The Labute approximate surface area is 176 Å². The lowest BCUT2D eigenvalue weighted by Crippen LogP contribution is -2.39. The number of rotatable bonds is 5. The van der Waals surface area contributed by atoms with Gasteiger partial charge in [0, 0.05) is 37.4 Å². The van der Waals surface area contributed by atoms with Gasteiger partial charge >= 0.3 is 0 Å². The number of likely N-dealkylation sites (tertiary alicyclic amines) is 1. The third kappa shape index (κ3) is 3.63. The van der Waals surface area contributed by atoms with Crippen molar-refractivity contribution in [1.29, 1.82) is 0 Å². The number of fused-ring (bicyclic) bond motifs is 1. The van der Waals surface area contributed by atoms with E-state index in [2.05, 4.69) is 15.2 Å². The Bertz CT molecular complexity index is 1040. The molecule has 5 rings (SSSR count). The van der Waals surface area contributed by atoms with Crippen molar-refractivity contribution >= 4 is 11.6 Å². The zero-order chi connectivity index (χ0) is 20.5. The van der Waals surface area contributed by atoms with E-state index in [-0.39, 0.29) is 11.9 Å². The third-order valence-corrected chi connectivity index (χ3v) is 6.36. The van der Waals surface area contributed by atoms with E-state index in [0.29, 0.717) is 0 Å². The summed E-state index contributed by atoms with van der Waals surface area (Å²) >= 11 is 0. The predicted molar refractivity (Wildman–Crippen MR) is 117 cm³/mol. The second-order valence-electron chi connectivity index (χ2n) is 8.29. The van der Waals surface area contributed by atoms with E-state index in [1.165, 1.54) is 17.7 Å². The maximum absolute atomic E-state index is 13.0. The molecule has 1 unspecified atom stereocenters. The summed E-state index contributed by atoms with van der Waals surface area (Å²) in [4.78, 5) is 19.5. The Balaban J connectivity index is 1.26. The normalized spacial score (nSPS) is 18.5. The Morgan fingerprint density at radius 2 is 2.00 bits per heavy atom. The van der Waals surface area contributed by atoms with Gasteiger partial charge in [-0.05, 0) is 73.5 Å². The molecular weight excluding hydrogens is 374 g/mol. The van der Waals surface area contributed by atoms with E-state index in [0.717, 1.165) is 61.3 Å². The number of carbonyl (C=O) groups excluding carboxylic acids is 1. The highest BCUT2D eigenvalue weighted by Gasteiger charge is 2.32. The molecule has 1 aliphatic carbocycles. The van der Waals surface area contributed by atoms with E-state index in [1.807, 2.05) is 54.3 Å². The summed E-state index contributed by atoms with van der Waals surface area (Å²) in [6, 6.07) is 11.8. The van der Waals surface area contributed by atoms with Gasteiger partial charge in [-0.25, -0.2) is 0 Å². The molecule has 0 radical (unpaired) electrons. The number of aryl methyl sites for hydroxylation is 1. The molecule has 1 saturated heterocycles. The zero-order valence-electron chi connectivity index (χ0n) is 17.3. The van der Waals surface area contributed by atoms with Crippen molar-refractivity contribution in [2.45, 2.75) is 44.7 Å². The van der Waals surface area contributed by atoms with E-state index >= 15 is 0 Å². The van der Waals surface area contributed by atoms with Crippen LogP contribution in [0, 0.1) is 0 Å². The van der Waals surface area contributed by atoms with E-state index in [9.17, 15) is 4.79 Å². The number of pyridine rings is 1. The molecule has 1 atom stereocenters. The molecule has 2 aliphatic rings. The average Bonchev–Trinajstić information content (AvgIpc) is 3.49. The minimum absolute atomic E-state index is 0.0780. The molecular formula is C24H27N5O. The van der Waals surface area contributed by atoms with Crippen molar-refractivity contribution < 1.29 is 4.79 Å². The minimum Gasteiger partial charge on any atom is -0.325 e. The van der Waals surface area contributed by atoms with E-state index < -0.39 is 0 Å². The summed E-state index contributed by atoms with van der Waals surface area (Å²) in [7, 11) is 2.04. The van der Waals surface area contributed by atoms with Crippen molar-refractivity contribution in [3.05, 3.63) is 65.7 Å². The molecule has 1 fully saturated rings. The van der Waals surface area contributed by atoms with Crippen molar-refractivity contribution in [2.24, 2.45) is 7.05 Å². The van der Waals surface area contributed by atoms with Gasteiger partial charge in [0.2, 0.25) is 5.91 Å². The largest absolute Gasteiger partial charge is 0.325 e. The van der Waals surface area contributed by atoms with Gasteiger partial charge < -0.3 is 5.32 Å². The molecule has 0 bridgehead atoms. The van der Waals surface area contributed by atoms with Crippen LogP contribution in [-0.2, 0) is 31.2 Å². The van der Waals surface area contributed by atoms with Crippen LogP contribution in [-0.4, -0.2) is 38.2 Å². The number of benzene rings is 1. The Hall–Kier alpha value is -2.99. The van der Waals surface area contributed by atoms with Gasteiger partial charge in [0.05, 0.1) is 11.7 Å². The summed E-state index contributed by atoms with van der Waals surface area (Å²) in [5.74, 6) is 0.0780. The second-order valence-corrected chi connectivity index (χ2v) is 8.29. The smallest absolute Gasteiger partial charge is 0.241 e. The highest BCUT2D eigenvalue weighted by Crippen LogP contribution is 2.28. The molecule has 3 heterocycles. The molecule has 3 aromatic rings. The first kappa shape index (κ1) is 19.0. The average molecular weight is 402 g/mol. The van der Waals surface area contributed by atoms with Crippen molar-refractivity contribution in [2.75, 3.05) is 11.9 Å². The lowest BCUT2D eigenvalue weighted by molar-refractivity contribution is -0.120. The van der Waals surface area contributed by atoms with Crippen LogP contribution in [0.25, 0.3) is 11.1 Å². The topological polar surface area (TPSA) is 63.1 Å². The SMILES string of the molecule is Cn1nc(CN2CCCC2C(=O)Nc2ccc(-c3cccnc3)cc2)c2c1CCC2. The van der Waals surface area contributed by atoms with Crippen LogP contribution >= 0.6 is 0 Å². The standard InChI is InChI=1S/C24H27N5O/c1-28-22-7-2-6-20(22)21(27-28)16-29-14-4-8-23(29)24(30)26-19-11-9-17(10-12-19)18-5-3-13-25-15-18/h3,5,9-13,15,23H,2,4,6-8,14,16H2,1H3,(H,26,30). The summed E-state index contributed by atoms with van der Waals surface area (Å²) in [5, 5.41) is 7.86. The zero-order valence-corrected chi connectivity index (χ0v) is 17.3. The number of anilines is 1. The van der Waals surface area contributed by atoms with Crippen LogP contribution in [0.5, 0.6) is 0 Å². The highest BCUT2D eigenvalue weighted by molar-refractivity contribution is 5.95. The van der Waals surface area contributed by atoms with E-state index in [4.69, 9.17) is 5.10 Å². The van der Waals surface area contributed by atoms with Crippen molar-refractivity contribution in [1.82, 2.24) is 19.7 Å². The summed E-state index contributed by atoms with van der Waals surface area (Å²) in [6.45, 7) is 1.71. The monoisotopic (exact) mass is 401 g/mol. The molecule has 30 heavy (non-hydrogen) atoms. The minimum atomic E-state index is -0.0953. The summed E-state index contributed by atoms with van der Waals surface area (Å²) in [6.07, 6.45) is 9.02. The number of nitrogens with zero attached hydrogens (tertiary/aromatic N) is 4. The Morgan fingerprint density at radius 1 is 1.13 bits per heavy atom. The second kappa shape index (κ2) is 8.03. The number of amides is 1. The summed E-state index contributed by atoms with van der Waals surface area (Å²) in [5.41, 5.74) is 6.94. The molecule has 0 spiro atoms. The maximum atomic E-state index is 13.0. The number of hydrogen-bond donors (Lipinski definition) is 1. The Kier molecular flexibility index (Phi) is 5.09. The van der Waals surface area contributed by atoms with Gasteiger partial charge in [0.25, 0.3) is 0 Å². The Morgan fingerprint density at radius 3 is 2.80 bits per heavy atom. The van der Waals surface area contributed by atoms with Crippen LogP contribution in [0.4, 0.5) is 5.69 Å². The van der Waals surface area contributed by atoms with Gasteiger partial charge in [0.15, 0.2) is 0 Å². The van der Waals surface area contributed by atoms with Gasteiger partial charge in [-0.2, -0.15) is 5.10 Å². The van der Waals surface area contributed by atoms with Crippen molar-refractivity contribution in [3.8, 4) is 11.1 Å². The van der Waals surface area contributed by atoms with Crippen LogP contribution in [0.3, 0.4) is 0 Å². The quantitative estimate of drug-likeness (QED) is 0.710. The molecule has 1 N–H and O–H groups in total. The molecule has 1 aliphatic heterocycles. The van der Waals surface area contributed by atoms with Crippen LogP contribution in [0.2, 0.25) is 0 Å². The molecule has 6 nitrogen and oxygen atoms in total. The van der Waals surface area contributed by atoms with Crippen molar-refractivity contribution in [3.63, 3.8) is 0 Å². The molecule has 1 aromatic carbocycles. The molecule has 1 amide bonds. The highest BCUT2D eigenvalue weighted by atomic mass is 16.2. The molecule has 6 heteroatoms. The van der Waals surface area contributed by atoms with Crippen LogP contribution in [0.15, 0.2) is 48.8 Å². The molecule has 154 valence electrons. The predicted octanol–water partition coefficient (Wildman–Crippen LogP) is 3.57. The number of nitrogens with one attached hydrogen (secondary N) is 1. The first-order valence-electron chi connectivity index (χ1n) is 10.8. The first-order chi connectivity index (χ1) is 14.7. The lowest BCUT2D eigenvalue weighted by atomic mass is 10.1. The summed E-state index contributed by atoms with van der Waals surface area (Å²) < 4.78 is 2.03. The number of hydrogen-bond acceptors (Lipinski definition) is 4. The first-order valence-corrected chi connectivity index (χ1v) is 10.8. The molecule has 2 aromatic heterocycles. The maximum Gasteiger partial charge on any atom is 0.241 e. The van der Waals surface area contributed by atoms with Crippen LogP contribution in [0.1, 0.15) is 36.2 Å². The van der Waals surface area contributed by atoms with Gasteiger partial charge in [0.1, 0.15) is 0 Å².